The first-order valence-corrected chi connectivity index (χ1v) is 8.22. The van der Waals surface area contributed by atoms with Crippen molar-refractivity contribution in [1.82, 2.24) is 0 Å². The molecule has 0 aromatic rings. The van der Waals surface area contributed by atoms with Crippen molar-refractivity contribution in [3.05, 3.63) is 0 Å². The van der Waals surface area contributed by atoms with Gasteiger partial charge in [-0.05, 0) is 0 Å². The molecule has 0 aromatic heterocycles. The van der Waals surface area contributed by atoms with Crippen molar-refractivity contribution in [2.75, 3.05) is 0 Å². The third kappa shape index (κ3) is 4020000. The van der Waals surface area contributed by atoms with E-state index in [1.165, 1.54) is 0 Å². The van der Waals surface area contributed by atoms with Crippen LogP contribution in [0.25, 0.3) is 0 Å². The topological polar surface area (TPSA) is 286 Å². The Morgan fingerprint density at radius 2 is 0.333 bits per heavy atom. The van der Waals surface area contributed by atoms with Crippen LogP contribution in [-0.2, 0) is 68.0 Å². The minimum atomic E-state index is -3.37. The van der Waals surface area contributed by atoms with E-state index < -0.39 is 39.5 Å². The molecule has 0 saturated heterocycles. The zero-order valence-corrected chi connectivity index (χ0v) is 15.5. The van der Waals surface area contributed by atoms with Crippen molar-refractivity contribution >= 4 is 39.5 Å². The van der Waals surface area contributed by atoms with Gasteiger partial charge in [-0.25, -0.2) is 0 Å². The third-order valence-corrected chi connectivity index (χ3v) is 0. The van der Waals surface area contributed by atoms with E-state index in [0.717, 1.165) is 0 Å². The van der Waals surface area contributed by atoms with Gasteiger partial charge < -0.3 is 24.5 Å². The van der Waals surface area contributed by atoms with Crippen LogP contribution in [0, 0.1) is 0 Å². The van der Waals surface area contributed by atoms with Gasteiger partial charge in [0, 0.05) is 0 Å². The molecule has 0 aliphatic carbocycles. The molecule has 0 atom stereocenters. The van der Waals surface area contributed by atoms with Crippen LogP contribution < -0.4 is 24.5 Å². The quantitative estimate of drug-likeness (QED) is 0.245. The molecule has 0 aliphatic heterocycles. The second-order valence-electron chi connectivity index (χ2n) is 1.12. The Labute approximate surface area is 132 Å². The molecule has 0 saturated carbocycles. The van der Waals surface area contributed by atoms with Crippen LogP contribution in [0.2, 0.25) is 0 Å². The fourth-order valence-electron chi connectivity index (χ4n) is 0. The summed E-state index contributed by atoms with van der Waals surface area (Å²) in [7, 11) is -16.9. The van der Waals surface area contributed by atoms with Gasteiger partial charge in [0.25, 0.3) is 0 Å². The van der Waals surface area contributed by atoms with Crippen molar-refractivity contribution < 1.29 is 92.5 Å². The average molecular weight is 488 g/mol. The normalized spacial score (nSPS) is 5.95. The SMILES string of the molecule is O=P(=O)[O-].O=P(=O)[O-].O=P(=O)[O-].O=P(=O)[O-].O=P(=O)[O-].[Nb+5]. The maximum atomic E-state index is 8.48. The van der Waals surface area contributed by atoms with Crippen LogP contribution in [0.3, 0.4) is 0 Å². The Balaban J connectivity index is -0.0000000331. The molecule has 0 unspecified atom stereocenters. The second kappa shape index (κ2) is 32.1. The van der Waals surface area contributed by atoms with E-state index in [1.54, 1.807) is 0 Å². The van der Waals surface area contributed by atoms with Gasteiger partial charge in [0.15, 0.2) is 0 Å². The molecule has 21 heteroatoms. The van der Waals surface area contributed by atoms with Gasteiger partial charge in [0.2, 0.25) is 39.5 Å². The Morgan fingerprint density at radius 3 is 0.333 bits per heavy atom. The molecular formula is NbO15P5. The second-order valence-corrected chi connectivity index (χ2v) is 3.35. The van der Waals surface area contributed by atoms with E-state index in [-0.39, 0.29) is 22.4 Å². The fourth-order valence-corrected chi connectivity index (χ4v) is 0. The van der Waals surface area contributed by atoms with Gasteiger partial charge in [0.1, 0.15) is 0 Å². The van der Waals surface area contributed by atoms with Gasteiger partial charge in [-0.3, -0.25) is 45.7 Å². The molecule has 0 spiro atoms. The number of hydrogen-bond acceptors (Lipinski definition) is 15. The largest absolute Gasteiger partial charge is 5.00 e. The summed E-state index contributed by atoms with van der Waals surface area (Å²) in [5.74, 6) is 0. The maximum absolute atomic E-state index is 8.48. The average Bonchev–Trinajstić information content (AvgIpc) is 1.94. The molecule has 0 aliphatic rings. The number of hydrogen-bond donors (Lipinski definition) is 0. The number of rotatable bonds is 0. The summed E-state index contributed by atoms with van der Waals surface area (Å²) in [6.07, 6.45) is 0. The third-order valence-electron chi connectivity index (χ3n) is 0. The molecule has 15 nitrogen and oxygen atoms in total. The fraction of sp³-hybridized carbons (Fsp3) is 0. The zero-order valence-electron chi connectivity index (χ0n) is 8.81. The molecule has 0 rings (SSSR count). The van der Waals surface area contributed by atoms with E-state index in [2.05, 4.69) is 0 Å². The summed E-state index contributed by atoms with van der Waals surface area (Å²) in [5.41, 5.74) is 0. The minimum absolute atomic E-state index is 0. The van der Waals surface area contributed by atoms with E-state index >= 15 is 0 Å². The summed E-state index contributed by atoms with van der Waals surface area (Å²) >= 11 is 0. The van der Waals surface area contributed by atoms with Gasteiger partial charge in [-0.2, -0.15) is 0 Å². The summed E-state index contributed by atoms with van der Waals surface area (Å²) in [6, 6.07) is 0. The predicted molar refractivity (Wildman–Crippen MR) is 41.5 cm³/mol. The predicted octanol–water partition coefficient (Wildman–Crippen LogP) is -2.83. The van der Waals surface area contributed by atoms with Gasteiger partial charge in [-0.1, -0.05) is 0 Å². The zero-order chi connectivity index (χ0) is 17.9. The van der Waals surface area contributed by atoms with Crippen molar-refractivity contribution in [2.45, 2.75) is 0 Å². The molecule has 0 heterocycles. The summed E-state index contributed by atoms with van der Waals surface area (Å²) in [4.78, 5) is 42.4. The Morgan fingerprint density at radius 1 is 0.333 bits per heavy atom. The van der Waals surface area contributed by atoms with Crippen molar-refractivity contribution in [1.29, 1.82) is 0 Å². The van der Waals surface area contributed by atoms with E-state index in [0.29, 0.717) is 0 Å². The smallest absolute Gasteiger partial charge is 0.744 e. The van der Waals surface area contributed by atoms with Crippen molar-refractivity contribution in [3.63, 3.8) is 0 Å². The van der Waals surface area contributed by atoms with E-state index in [9.17, 15) is 0 Å². The van der Waals surface area contributed by atoms with Crippen molar-refractivity contribution in [2.24, 2.45) is 0 Å². The van der Waals surface area contributed by atoms with Crippen molar-refractivity contribution in [3.8, 4) is 0 Å². The molecular weight excluding hydrogens is 488 g/mol. The Bertz CT molecular complexity index is 380. The molecule has 0 N–H and O–H groups in total. The molecule has 21 heavy (non-hydrogen) atoms. The Hall–Kier alpha value is 0.0403. The summed E-state index contributed by atoms with van der Waals surface area (Å²) in [5, 5.41) is 0. The van der Waals surface area contributed by atoms with Crippen LogP contribution in [0.5, 0.6) is 0 Å². The molecule has 0 radical (unpaired) electrons. The van der Waals surface area contributed by atoms with Gasteiger partial charge in [0.05, 0.1) is 0 Å². The van der Waals surface area contributed by atoms with Gasteiger partial charge in [-0.15, -0.1) is 0 Å². The molecule has 120 valence electrons. The van der Waals surface area contributed by atoms with Crippen LogP contribution in [0.1, 0.15) is 0 Å². The van der Waals surface area contributed by atoms with E-state index in [1.807, 2.05) is 0 Å². The first-order chi connectivity index (χ1) is 8.66. The van der Waals surface area contributed by atoms with Crippen LogP contribution in [0.4, 0.5) is 0 Å². The first kappa shape index (κ1) is 37.4. The van der Waals surface area contributed by atoms with Gasteiger partial charge >= 0.3 is 22.4 Å². The monoisotopic (exact) mass is 488 g/mol. The molecule has 0 amide bonds. The van der Waals surface area contributed by atoms with Crippen LogP contribution in [-0.4, -0.2) is 0 Å². The molecule has 0 bridgehead atoms. The Kier molecular flexibility index (Phi) is 57.1. The summed E-state index contributed by atoms with van der Waals surface area (Å²) < 4.78 is 84.8. The minimum Gasteiger partial charge on any atom is -0.744 e. The van der Waals surface area contributed by atoms with Crippen LogP contribution in [0.15, 0.2) is 0 Å². The van der Waals surface area contributed by atoms with Crippen LogP contribution >= 0.6 is 39.5 Å². The molecule has 0 fully saturated rings. The standard InChI is InChI=1S/Nb.5HO3P/c;5*1-4(2)3/h;5*(H,1,2,3)/q+5;;;;;/p-5. The van der Waals surface area contributed by atoms with E-state index in [4.69, 9.17) is 70.1 Å². The maximum Gasteiger partial charge on any atom is 5.00 e. The first-order valence-electron chi connectivity index (χ1n) is 2.74. The molecule has 0 aromatic carbocycles. The summed E-state index contributed by atoms with van der Waals surface area (Å²) in [6.45, 7) is 0.